The first-order chi connectivity index (χ1) is 10.5. The standard InChI is InChI=1S/C15H18BrNO5/c1-21-12-8-10(15(19)20)7-11(16)14(12)22-9-13(18)17-5-3-2-4-6-17/h7-8H,2-6,9H2,1H3,(H,19,20). The zero-order valence-electron chi connectivity index (χ0n) is 12.3. The van der Waals surface area contributed by atoms with Crippen molar-refractivity contribution in [2.75, 3.05) is 26.8 Å². The maximum Gasteiger partial charge on any atom is 0.335 e. The Morgan fingerprint density at radius 3 is 2.55 bits per heavy atom. The van der Waals surface area contributed by atoms with E-state index < -0.39 is 5.97 Å². The Hall–Kier alpha value is -1.76. The summed E-state index contributed by atoms with van der Waals surface area (Å²) in [6.07, 6.45) is 3.19. The number of carbonyl (C=O) groups excluding carboxylic acids is 1. The molecule has 1 aromatic carbocycles. The number of benzene rings is 1. The molecule has 1 N–H and O–H groups in total. The molecule has 7 heteroatoms. The van der Waals surface area contributed by atoms with E-state index in [1.807, 2.05) is 0 Å². The van der Waals surface area contributed by atoms with Crippen molar-refractivity contribution in [1.82, 2.24) is 4.90 Å². The number of aromatic carboxylic acids is 1. The Morgan fingerprint density at radius 1 is 1.27 bits per heavy atom. The van der Waals surface area contributed by atoms with Crippen molar-refractivity contribution in [3.05, 3.63) is 22.2 Å². The van der Waals surface area contributed by atoms with Gasteiger partial charge in [-0.1, -0.05) is 0 Å². The molecule has 1 aromatic rings. The fourth-order valence-electron chi connectivity index (χ4n) is 2.35. The van der Waals surface area contributed by atoms with Crippen LogP contribution < -0.4 is 9.47 Å². The van der Waals surface area contributed by atoms with Crippen molar-refractivity contribution in [2.24, 2.45) is 0 Å². The number of likely N-dealkylation sites (tertiary alicyclic amines) is 1. The molecule has 6 nitrogen and oxygen atoms in total. The number of hydrogen-bond acceptors (Lipinski definition) is 4. The van der Waals surface area contributed by atoms with Crippen LogP contribution in [0.2, 0.25) is 0 Å². The summed E-state index contributed by atoms with van der Waals surface area (Å²) in [6.45, 7) is 1.43. The SMILES string of the molecule is COc1cc(C(=O)O)cc(Br)c1OCC(=O)N1CCCCC1. The topological polar surface area (TPSA) is 76.1 Å². The summed E-state index contributed by atoms with van der Waals surface area (Å²) in [7, 11) is 1.42. The molecule has 0 unspecified atom stereocenters. The summed E-state index contributed by atoms with van der Waals surface area (Å²) in [4.78, 5) is 24.9. The number of rotatable bonds is 5. The Labute approximate surface area is 137 Å². The van der Waals surface area contributed by atoms with Gasteiger partial charge in [0, 0.05) is 13.1 Å². The monoisotopic (exact) mass is 371 g/mol. The molecule has 2 rings (SSSR count). The van der Waals surface area contributed by atoms with Gasteiger partial charge in [-0.3, -0.25) is 4.79 Å². The van der Waals surface area contributed by atoms with Gasteiger partial charge in [0.2, 0.25) is 0 Å². The van der Waals surface area contributed by atoms with Crippen LogP contribution in [-0.4, -0.2) is 48.7 Å². The van der Waals surface area contributed by atoms with Crippen molar-refractivity contribution < 1.29 is 24.2 Å². The average molecular weight is 372 g/mol. The number of ether oxygens (including phenoxy) is 2. The maximum absolute atomic E-state index is 12.1. The molecule has 0 aromatic heterocycles. The largest absolute Gasteiger partial charge is 0.493 e. The molecule has 22 heavy (non-hydrogen) atoms. The summed E-state index contributed by atoms with van der Waals surface area (Å²) in [5.74, 6) is -0.526. The molecule has 0 bridgehead atoms. The Bertz CT molecular complexity index is 569. The number of nitrogens with zero attached hydrogens (tertiary/aromatic N) is 1. The van der Waals surface area contributed by atoms with Crippen LogP contribution in [0.3, 0.4) is 0 Å². The minimum Gasteiger partial charge on any atom is -0.493 e. The molecular weight excluding hydrogens is 354 g/mol. The third kappa shape index (κ3) is 3.91. The lowest BCUT2D eigenvalue weighted by atomic mass is 10.1. The number of methoxy groups -OCH3 is 1. The quantitative estimate of drug-likeness (QED) is 0.860. The highest BCUT2D eigenvalue weighted by molar-refractivity contribution is 9.10. The molecular formula is C15H18BrNO5. The molecule has 0 aliphatic carbocycles. The lowest BCUT2D eigenvalue weighted by Gasteiger charge is -2.26. The van der Waals surface area contributed by atoms with E-state index >= 15 is 0 Å². The number of halogens is 1. The number of carbonyl (C=O) groups is 2. The van der Waals surface area contributed by atoms with Gasteiger partial charge < -0.3 is 19.5 Å². The molecule has 1 amide bonds. The third-order valence-electron chi connectivity index (χ3n) is 3.53. The molecule has 1 fully saturated rings. The summed E-state index contributed by atoms with van der Waals surface area (Å²) < 4.78 is 11.1. The fourth-order valence-corrected chi connectivity index (χ4v) is 2.91. The molecule has 0 atom stereocenters. The third-order valence-corrected chi connectivity index (χ3v) is 4.11. The second-order valence-corrected chi connectivity index (χ2v) is 5.88. The highest BCUT2D eigenvalue weighted by Crippen LogP contribution is 2.36. The Kier molecular flexibility index (Phi) is 5.65. The van der Waals surface area contributed by atoms with Gasteiger partial charge in [0.05, 0.1) is 17.1 Å². The van der Waals surface area contributed by atoms with Crippen molar-refractivity contribution in [1.29, 1.82) is 0 Å². The van der Waals surface area contributed by atoms with E-state index in [9.17, 15) is 9.59 Å². The lowest BCUT2D eigenvalue weighted by molar-refractivity contribution is -0.134. The number of carboxylic acid groups (broad SMARTS) is 1. The fraction of sp³-hybridized carbons (Fsp3) is 0.467. The van der Waals surface area contributed by atoms with Gasteiger partial charge in [-0.05, 0) is 47.3 Å². The minimum atomic E-state index is -1.06. The van der Waals surface area contributed by atoms with Crippen molar-refractivity contribution >= 4 is 27.8 Å². The van der Waals surface area contributed by atoms with Crippen LogP contribution in [0.15, 0.2) is 16.6 Å². The maximum atomic E-state index is 12.1. The van der Waals surface area contributed by atoms with Crippen LogP contribution in [0.4, 0.5) is 0 Å². The molecule has 1 saturated heterocycles. The predicted octanol–water partition coefficient (Wildman–Crippen LogP) is 2.55. The van der Waals surface area contributed by atoms with Gasteiger partial charge in [0.1, 0.15) is 0 Å². The van der Waals surface area contributed by atoms with Crippen LogP contribution >= 0.6 is 15.9 Å². The van der Waals surface area contributed by atoms with Crippen molar-refractivity contribution in [2.45, 2.75) is 19.3 Å². The summed E-state index contributed by atoms with van der Waals surface area (Å²) in [5.41, 5.74) is 0.0819. The highest BCUT2D eigenvalue weighted by Gasteiger charge is 2.20. The number of piperidine rings is 1. The molecule has 120 valence electrons. The van der Waals surface area contributed by atoms with Gasteiger partial charge in [0.25, 0.3) is 5.91 Å². The number of carboxylic acids is 1. The van der Waals surface area contributed by atoms with E-state index in [4.69, 9.17) is 14.6 Å². The van der Waals surface area contributed by atoms with E-state index in [0.29, 0.717) is 10.2 Å². The van der Waals surface area contributed by atoms with E-state index in [-0.39, 0.29) is 23.8 Å². The zero-order valence-corrected chi connectivity index (χ0v) is 13.9. The van der Waals surface area contributed by atoms with E-state index in [1.54, 1.807) is 4.90 Å². The van der Waals surface area contributed by atoms with Gasteiger partial charge in [-0.2, -0.15) is 0 Å². The first-order valence-corrected chi connectivity index (χ1v) is 7.83. The van der Waals surface area contributed by atoms with Gasteiger partial charge in [-0.15, -0.1) is 0 Å². The summed E-state index contributed by atoms with van der Waals surface area (Å²) in [5, 5.41) is 9.03. The normalized spacial score (nSPS) is 14.5. The molecule has 0 saturated carbocycles. The average Bonchev–Trinajstić information content (AvgIpc) is 2.53. The molecule has 1 aliphatic heterocycles. The van der Waals surface area contributed by atoms with Crippen LogP contribution in [0.5, 0.6) is 11.5 Å². The molecule has 0 spiro atoms. The van der Waals surface area contributed by atoms with Crippen LogP contribution in [0.1, 0.15) is 29.6 Å². The number of hydrogen-bond donors (Lipinski definition) is 1. The van der Waals surface area contributed by atoms with Crippen molar-refractivity contribution in [3.8, 4) is 11.5 Å². The molecule has 1 heterocycles. The van der Waals surface area contributed by atoms with E-state index in [0.717, 1.165) is 32.4 Å². The first-order valence-electron chi connectivity index (χ1n) is 7.04. The second-order valence-electron chi connectivity index (χ2n) is 5.02. The van der Waals surface area contributed by atoms with Gasteiger partial charge in [0.15, 0.2) is 18.1 Å². The predicted molar refractivity (Wildman–Crippen MR) is 83.6 cm³/mol. The van der Waals surface area contributed by atoms with Crippen LogP contribution in [0.25, 0.3) is 0 Å². The Balaban J connectivity index is 2.08. The summed E-state index contributed by atoms with van der Waals surface area (Å²) >= 11 is 3.26. The van der Waals surface area contributed by atoms with Gasteiger partial charge in [-0.25, -0.2) is 4.79 Å². The second kappa shape index (κ2) is 7.49. The highest BCUT2D eigenvalue weighted by atomic mass is 79.9. The first kappa shape index (κ1) is 16.6. The Morgan fingerprint density at radius 2 is 1.95 bits per heavy atom. The zero-order chi connectivity index (χ0) is 16.1. The molecule has 1 aliphatic rings. The lowest BCUT2D eigenvalue weighted by Crippen LogP contribution is -2.38. The van der Waals surface area contributed by atoms with E-state index in [1.165, 1.54) is 19.2 Å². The smallest absolute Gasteiger partial charge is 0.335 e. The van der Waals surface area contributed by atoms with Gasteiger partial charge >= 0.3 is 5.97 Å². The van der Waals surface area contributed by atoms with Crippen molar-refractivity contribution in [3.63, 3.8) is 0 Å². The summed E-state index contributed by atoms with van der Waals surface area (Å²) in [6, 6.07) is 2.79. The minimum absolute atomic E-state index is 0.0732. The molecule has 0 radical (unpaired) electrons. The van der Waals surface area contributed by atoms with Crippen LogP contribution in [0, 0.1) is 0 Å². The van der Waals surface area contributed by atoms with Crippen LogP contribution in [-0.2, 0) is 4.79 Å². The van der Waals surface area contributed by atoms with E-state index in [2.05, 4.69) is 15.9 Å². The number of amides is 1.